The van der Waals surface area contributed by atoms with Gasteiger partial charge >= 0.3 is 0 Å². The average molecular weight is 251 g/mol. The normalized spacial score (nSPS) is 12.4. The zero-order chi connectivity index (χ0) is 12.3. The predicted octanol–water partition coefficient (Wildman–Crippen LogP) is 2.19. The maximum Gasteiger partial charge on any atom is 0.0667 e. The molecule has 4 nitrogen and oxygen atoms in total. The van der Waals surface area contributed by atoms with Crippen molar-refractivity contribution in [3.05, 3.63) is 47.2 Å². The van der Waals surface area contributed by atoms with E-state index < -0.39 is 0 Å². The SMILES string of the molecule is Cn1cc(C(CN)Nc2ccc(Cl)cc2)cn1. The second-order valence-electron chi connectivity index (χ2n) is 3.89. The molecule has 1 heterocycles. The molecular weight excluding hydrogens is 236 g/mol. The Hall–Kier alpha value is -1.52. The first-order chi connectivity index (χ1) is 8.19. The van der Waals surface area contributed by atoms with Gasteiger partial charge in [-0.15, -0.1) is 0 Å². The van der Waals surface area contributed by atoms with Crippen LogP contribution < -0.4 is 11.1 Å². The summed E-state index contributed by atoms with van der Waals surface area (Å²) in [6, 6.07) is 7.62. The fourth-order valence-electron chi connectivity index (χ4n) is 1.65. The first-order valence-electron chi connectivity index (χ1n) is 5.40. The molecule has 3 N–H and O–H groups in total. The monoisotopic (exact) mass is 250 g/mol. The first-order valence-corrected chi connectivity index (χ1v) is 5.77. The van der Waals surface area contributed by atoms with Crippen LogP contribution in [0.5, 0.6) is 0 Å². The van der Waals surface area contributed by atoms with Gasteiger partial charge in [0.15, 0.2) is 0 Å². The van der Waals surface area contributed by atoms with Crippen LogP contribution in [0.15, 0.2) is 36.7 Å². The highest BCUT2D eigenvalue weighted by molar-refractivity contribution is 6.30. The predicted molar refractivity (Wildman–Crippen MR) is 70.1 cm³/mol. The van der Waals surface area contributed by atoms with Crippen molar-refractivity contribution in [2.24, 2.45) is 12.8 Å². The number of anilines is 1. The minimum absolute atomic E-state index is 0.0601. The summed E-state index contributed by atoms with van der Waals surface area (Å²) in [5, 5.41) is 8.21. The van der Waals surface area contributed by atoms with Gasteiger partial charge in [0, 0.05) is 36.1 Å². The fraction of sp³-hybridized carbons (Fsp3) is 0.250. The van der Waals surface area contributed by atoms with Crippen molar-refractivity contribution in [2.75, 3.05) is 11.9 Å². The molecule has 0 saturated heterocycles. The summed E-state index contributed by atoms with van der Waals surface area (Å²) in [6.45, 7) is 0.508. The lowest BCUT2D eigenvalue weighted by molar-refractivity contribution is 0.759. The Bertz CT molecular complexity index is 478. The Labute approximate surface area is 105 Å². The molecule has 0 amide bonds. The van der Waals surface area contributed by atoms with Gasteiger partial charge in [0.2, 0.25) is 0 Å². The molecule has 2 aromatic rings. The van der Waals surface area contributed by atoms with Crippen molar-refractivity contribution in [3.8, 4) is 0 Å². The van der Waals surface area contributed by atoms with Gasteiger partial charge in [0.25, 0.3) is 0 Å². The molecule has 0 bridgehead atoms. The number of nitrogens with zero attached hydrogens (tertiary/aromatic N) is 2. The second-order valence-corrected chi connectivity index (χ2v) is 4.32. The molecule has 0 aliphatic rings. The van der Waals surface area contributed by atoms with Gasteiger partial charge in [0.1, 0.15) is 0 Å². The van der Waals surface area contributed by atoms with E-state index in [1.165, 1.54) is 0 Å². The van der Waals surface area contributed by atoms with Crippen LogP contribution in [0, 0.1) is 0 Å². The fourth-order valence-corrected chi connectivity index (χ4v) is 1.77. The zero-order valence-electron chi connectivity index (χ0n) is 9.60. The lowest BCUT2D eigenvalue weighted by Crippen LogP contribution is -2.20. The van der Waals surface area contributed by atoms with E-state index in [0.29, 0.717) is 6.54 Å². The van der Waals surface area contributed by atoms with E-state index in [-0.39, 0.29) is 6.04 Å². The number of rotatable bonds is 4. The molecular formula is C12H15ClN4. The maximum atomic E-state index is 5.84. The minimum atomic E-state index is 0.0601. The third-order valence-electron chi connectivity index (χ3n) is 2.55. The quantitative estimate of drug-likeness (QED) is 0.875. The van der Waals surface area contributed by atoms with Crippen LogP contribution in [0.1, 0.15) is 11.6 Å². The lowest BCUT2D eigenvalue weighted by Gasteiger charge is -2.16. The van der Waals surface area contributed by atoms with E-state index in [1.807, 2.05) is 43.7 Å². The molecule has 17 heavy (non-hydrogen) atoms. The summed E-state index contributed by atoms with van der Waals surface area (Å²) in [5.74, 6) is 0. The Morgan fingerprint density at radius 1 is 1.41 bits per heavy atom. The standard InChI is InChI=1S/C12H15ClN4/c1-17-8-9(7-15-17)12(6-14)16-11-4-2-10(13)3-5-11/h2-5,7-8,12,16H,6,14H2,1H3. The largest absolute Gasteiger partial charge is 0.377 e. The third kappa shape index (κ3) is 2.99. The van der Waals surface area contributed by atoms with Gasteiger partial charge in [-0.1, -0.05) is 11.6 Å². The van der Waals surface area contributed by atoms with Gasteiger partial charge in [-0.05, 0) is 24.3 Å². The molecule has 1 unspecified atom stereocenters. The van der Waals surface area contributed by atoms with Crippen molar-refractivity contribution in [3.63, 3.8) is 0 Å². The Morgan fingerprint density at radius 2 is 2.12 bits per heavy atom. The molecule has 0 aliphatic carbocycles. The van der Waals surface area contributed by atoms with Crippen LogP contribution in [-0.2, 0) is 7.05 Å². The molecule has 2 rings (SSSR count). The number of benzene rings is 1. The number of nitrogens with one attached hydrogen (secondary N) is 1. The first kappa shape index (κ1) is 12.0. The molecule has 0 spiro atoms. The number of hydrogen-bond acceptors (Lipinski definition) is 3. The summed E-state index contributed by atoms with van der Waals surface area (Å²) in [5.41, 5.74) is 7.83. The number of halogens is 1. The number of aromatic nitrogens is 2. The molecule has 1 atom stereocenters. The van der Waals surface area contributed by atoms with E-state index in [0.717, 1.165) is 16.3 Å². The van der Waals surface area contributed by atoms with Crippen LogP contribution in [0.2, 0.25) is 5.02 Å². The Kier molecular flexibility index (Phi) is 3.66. The van der Waals surface area contributed by atoms with Crippen molar-refractivity contribution in [2.45, 2.75) is 6.04 Å². The summed E-state index contributed by atoms with van der Waals surface area (Å²) in [7, 11) is 1.89. The van der Waals surface area contributed by atoms with E-state index >= 15 is 0 Å². The maximum absolute atomic E-state index is 5.84. The Morgan fingerprint density at radius 3 is 2.65 bits per heavy atom. The van der Waals surface area contributed by atoms with Gasteiger partial charge in [-0.3, -0.25) is 4.68 Å². The highest BCUT2D eigenvalue weighted by Crippen LogP contribution is 2.19. The summed E-state index contributed by atoms with van der Waals surface area (Å²) >= 11 is 5.84. The van der Waals surface area contributed by atoms with Gasteiger partial charge in [0.05, 0.1) is 12.2 Å². The second kappa shape index (κ2) is 5.21. The smallest absolute Gasteiger partial charge is 0.0667 e. The molecule has 90 valence electrons. The number of nitrogens with two attached hydrogens (primary N) is 1. The van der Waals surface area contributed by atoms with Gasteiger partial charge < -0.3 is 11.1 Å². The molecule has 1 aromatic heterocycles. The van der Waals surface area contributed by atoms with Crippen LogP contribution in [-0.4, -0.2) is 16.3 Å². The van der Waals surface area contributed by atoms with E-state index in [2.05, 4.69) is 10.4 Å². The third-order valence-corrected chi connectivity index (χ3v) is 2.80. The molecule has 0 fully saturated rings. The average Bonchev–Trinajstić information content (AvgIpc) is 2.75. The van der Waals surface area contributed by atoms with Gasteiger partial charge in [-0.2, -0.15) is 5.10 Å². The van der Waals surface area contributed by atoms with E-state index in [4.69, 9.17) is 17.3 Å². The van der Waals surface area contributed by atoms with E-state index in [9.17, 15) is 0 Å². The van der Waals surface area contributed by atoms with Crippen LogP contribution in [0.3, 0.4) is 0 Å². The van der Waals surface area contributed by atoms with Crippen LogP contribution >= 0.6 is 11.6 Å². The van der Waals surface area contributed by atoms with Crippen molar-refractivity contribution in [1.82, 2.24) is 9.78 Å². The molecule has 0 aliphatic heterocycles. The zero-order valence-corrected chi connectivity index (χ0v) is 10.4. The highest BCUT2D eigenvalue weighted by Gasteiger charge is 2.10. The van der Waals surface area contributed by atoms with Crippen molar-refractivity contribution >= 4 is 17.3 Å². The summed E-state index contributed by atoms with van der Waals surface area (Å²) in [4.78, 5) is 0. The van der Waals surface area contributed by atoms with Crippen LogP contribution in [0.4, 0.5) is 5.69 Å². The highest BCUT2D eigenvalue weighted by atomic mass is 35.5. The topological polar surface area (TPSA) is 55.9 Å². The van der Waals surface area contributed by atoms with Crippen molar-refractivity contribution in [1.29, 1.82) is 0 Å². The van der Waals surface area contributed by atoms with Crippen LogP contribution in [0.25, 0.3) is 0 Å². The minimum Gasteiger partial charge on any atom is -0.377 e. The molecule has 1 aromatic carbocycles. The molecule has 0 radical (unpaired) electrons. The van der Waals surface area contributed by atoms with E-state index in [1.54, 1.807) is 4.68 Å². The Balaban J connectivity index is 2.12. The number of hydrogen-bond donors (Lipinski definition) is 2. The van der Waals surface area contributed by atoms with Gasteiger partial charge in [-0.25, -0.2) is 0 Å². The molecule has 5 heteroatoms. The summed E-state index contributed by atoms with van der Waals surface area (Å²) in [6.07, 6.45) is 3.78. The van der Waals surface area contributed by atoms with Crippen molar-refractivity contribution < 1.29 is 0 Å². The molecule has 0 saturated carbocycles. The summed E-state index contributed by atoms with van der Waals surface area (Å²) < 4.78 is 1.77. The lowest BCUT2D eigenvalue weighted by atomic mass is 10.1. The number of aryl methyl sites for hydroxylation is 1.